The van der Waals surface area contributed by atoms with Crippen LogP contribution in [0.15, 0.2) is 23.1 Å². The van der Waals surface area contributed by atoms with Gasteiger partial charge in [0.1, 0.15) is 5.75 Å². The quantitative estimate of drug-likeness (QED) is 0.709. The molecule has 0 atom stereocenters. The van der Waals surface area contributed by atoms with Crippen LogP contribution in [0.2, 0.25) is 0 Å². The van der Waals surface area contributed by atoms with Crippen LogP contribution in [0, 0.1) is 6.92 Å². The second kappa shape index (κ2) is 3.85. The lowest BCUT2D eigenvalue weighted by atomic mass is 10.2. The first kappa shape index (κ1) is 9.46. The van der Waals surface area contributed by atoms with Crippen molar-refractivity contribution in [1.29, 1.82) is 0 Å². The van der Waals surface area contributed by atoms with Crippen LogP contribution in [-0.2, 0) is 0 Å². The van der Waals surface area contributed by atoms with Crippen molar-refractivity contribution >= 4 is 11.8 Å². The molecule has 1 aromatic carbocycles. The zero-order valence-electron chi connectivity index (χ0n) is 7.66. The van der Waals surface area contributed by atoms with Gasteiger partial charge >= 0.3 is 0 Å². The van der Waals surface area contributed by atoms with Gasteiger partial charge in [-0.2, -0.15) is 0 Å². The third-order valence-electron chi connectivity index (χ3n) is 1.48. The van der Waals surface area contributed by atoms with Gasteiger partial charge in [0.05, 0.1) is 0 Å². The molecule has 0 spiro atoms. The molecule has 0 amide bonds. The van der Waals surface area contributed by atoms with E-state index in [0.717, 1.165) is 10.5 Å². The van der Waals surface area contributed by atoms with Gasteiger partial charge < -0.3 is 5.11 Å². The van der Waals surface area contributed by atoms with Crippen molar-refractivity contribution in [3.8, 4) is 5.75 Å². The molecule has 0 aliphatic carbocycles. The molecule has 0 aliphatic rings. The molecule has 12 heavy (non-hydrogen) atoms. The summed E-state index contributed by atoms with van der Waals surface area (Å²) in [7, 11) is 0. The van der Waals surface area contributed by atoms with Crippen LogP contribution < -0.4 is 0 Å². The van der Waals surface area contributed by atoms with Crippen LogP contribution in [0.3, 0.4) is 0 Å². The number of benzene rings is 1. The monoisotopic (exact) mass is 182 g/mol. The van der Waals surface area contributed by atoms with E-state index in [-0.39, 0.29) is 0 Å². The van der Waals surface area contributed by atoms with Gasteiger partial charge in [0.25, 0.3) is 0 Å². The molecular weight excluding hydrogens is 168 g/mol. The summed E-state index contributed by atoms with van der Waals surface area (Å²) in [4.78, 5) is 0.968. The number of thioether (sulfide) groups is 1. The highest BCUT2D eigenvalue weighted by molar-refractivity contribution is 8.00. The number of phenols is 1. The van der Waals surface area contributed by atoms with E-state index in [1.54, 1.807) is 17.8 Å². The molecule has 0 unspecified atom stereocenters. The Morgan fingerprint density at radius 3 is 2.50 bits per heavy atom. The van der Waals surface area contributed by atoms with Crippen LogP contribution in [0.25, 0.3) is 0 Å². The number of aromatic hydroxyl groups is 1. The van der Waals surface area contributed by atoms with Crippen LogP contribution in [0.5, 0.6) is 5.75 Å². The van der Waals surface area contributed by atoms with E-state index in [1.807, 2.05) is 19.1 Å². The van der Waals surface area contributed by atoms with Gasteiger partial charge in [0.15, 0.2) is 0 Å². The molecule has 2 heteroatoms. The molecule has 0 radical (unpaired) electrons. The molecule has 0 aliphatic heterocycles. The Bertz CT molecular complexity index is 269. The molecule has 1 nitrogen and oxygen atoms in total. The van der Waals surface area contributed by atoms with Gasteiger partial charge in [-0.1, -0.05) is 19.9 Å². The lowest BCUT2D eigenvalue weighted by Gasteiger charge is -2.07. The summed E-state index contributed by atoms with van der Waals surface area (Å²) in [5, 5.41) is 10.0. The first-order valence-corrected chi connectivity index (χ1v) is 4.94. The zero-order valence-corrected chi connectivity index (χ0v) is 8.48. The number of hydrogen-bond donors (Lipinski definition) is 1. The Balaban J connectivity index is 2.86. The van der Waals surface area contributed by atoms with Crippen molar-refractivity contribution in [1.82, 2.24) is 0 Å². The summed E-state index contributed by atoms with van der Waals surface area (Å²) in [5.74, 6) is 0.397. The minimum atomic E-state index is 0.397. The Morgan fingerprint density at radius 1 is 1.33 bits per heavy atom. The van der Waals surface area contributed by atoms with E-state index in [2.05, 4.69) is 13.8 Å². The van der Waals surface area contributed by atoms with E-state index in [1.165, 1.54) is 0 Å². The van der Waals surface area contributed by atoms with Crippen molar-refractivity contribution in [3.05, 3.63) is 23.8 Å². The summed E-state index contributed by atoms with van der Waals surface area (Å²) >= 11 is 1.68. The largest absolute Gasteiger partial charge is 0.507 e. The standard InChI is InChI=1S/C10H14OS/c1-7(2)12-10-5-4-8(3)6-9(10)11/h4-7,11H,1-3H3. The second-order valence-electron chi connectivity index (χ2n) is 3.14. The van der Waals surface area contributed by atoms with Gasteiger partial charge in [-0.15, -0.1) is 11.8 Å². The summed E-state index contributed by atoms with van der Waals surface area (Å²) in [6.45, 7) is 6.21. The van der Waals surface area contributed by atoms with Crippen molar-refractivity contribution in [3.63, 3.8) is 0 Å². The molecular formula is C10H14OS. The molecule has 1 N–H and O–H groups in total. The maximum atomic E-state index is 9.52. The molecule has 66 valence electrons. The minimum absolute atomic E-state index is 0.397. The average Bonchev–Trinajstić information content (AvgIpc) is 1.94. The predicted octanol–water partition coefficient (Wildman–Crippen LogP) is 3.20. The van der Waals surface area contributed by atoms with E-state index in [0.29, 0.717) is 11.0 Å². The first-order chi connectivity index (χ1) is 5.59. The maximum absolute atomic E-state index is 9.52. The fourth-order valence-corrected chi connectivity index (χ4v) is 1.82. The van der Waals surface area contributed by atoms with Crippen molar-refractivity contribution in [2.24, 2.45) is 0 Å². The summed E-state index contributed by atoms with van der Waals surface area (Å²) in [6.07, 6.45) is 0. The van der Waals surface area contributed by atoms with E-state index >= 15 is 0 Å². The maximum Gasteiger partial charge on any atom is 0.129 e. The van der Waals surface area contributed by atoms with E-state index in [4.69, 9.17) is 0 Å². The van der Waals surface area contributed by atoms with Crippen molar-refractivity contribution in [2.45, 2.75) is 30.9 Å². The number of rotatable bonds is 2. The van der Waals surface area contributed by atoms with Crippen LogP contribution in [0.4, 0.5) is 0 Å². The molecule has 0 bridgehead atoms. The normalized spacial score (nSPS) is 10.7. The molecule has 1 aromatic rings. The third kappa shape index (κ3) is 2.45. The molecule has 0 saturated heterocycles. The van der Waals surface area contributed by atoms with Gasteiger partial charge in [-0.3, -0.25) is 0 Å². The lowest BCUT2D eigenvalue weighted by molar-refractivity contribution is 0.462. The van der Waals surface area contributed by atoms with Gasteiger partial charge in [0, 0.05) is 10.1 Å². The van der Waals surface area contributed by atoms with E-state index < -0.39 is 0 Å². The van der Waals surface area contributed by atoms with Crippen LogP contribution in [-0.4, -0.2) is 10.4 Å². The second-order valence-corrected chi connectivity index (χ2v) is 4.76. The minimum Gasteiger partial charge on any atom is -0.507 e. The Labute approximate surface area is 77.8 Å². The molecule has 0 heterocycles. The highest BCUT2D eigenvalue weighted by Crippen LogP contribution is 2.31. The highest BCUT2D eigenvalue weighted by Gasteiger charge is 2.03. The number of hydrogen-bond acceptors (Lipinski definition) is 2. The fourth-order valence-electron chi connectivity index (χ4n) is 0.981. The summed E-state index contributed by atoms with van der Waals surface area (Å²) in [6, 6.07) is 5.78. The van der Waals surface area contributed by atoms with Crippen LogP contribution >= 0.6 is 11.8 Å². The van der Waals surface area contributed by atoms with Gasteiger partial charge in [-0.25, -0.2) is 0 Å². The fraction of sp³-hybridized carbons (Fsp3) is 0.400. The first-order valence-electron chi connectivity index (χ1n) is 4.06. The third-order valence-corrected chi connectivity index (χ3v) is 2.55. The zero-order chi connectivity index (χ0) is 9.14. The predicted molar refractivity (Wildman–Crippen MR) is 53.8 cm³/mol. The van der Waals surface area contributed by atoms with Gasteiger partial charge in [0.2, 0.25) is 0 Å². The van der Waals surface area contributed by atoms with E-state index in [9.17, 15) is 5.11 Å². The molecule has 0 saturated carbocycles. The highest BCUT2D eigenvalue weighted by atomic mass is 32.2. The van der Waals surface area contributed by atoms with Crippen molar-refractivity contribution in [2.75, 3.05) is 0 Å². The molecule has 0 fully saturated rings. The van der Waals surface area contributed by atoms with Crippen molar-refractivity contribution < 1.29 is 5.11 Å². The molecule has 1 rings (SSSR count). The SMILES string of the molecule is Cc1ccc(SC(C)C)c(O)c1. The summed E-state index contributed by atoms with van der Waals surface area (Å²) in [5.41, 5.74) is 1.10. The topological polar surface area (TPSA) is 20.2 Å². The summed E-state index contributed by atoms with van der Waals surface area (Å²) < 4.78 is 0. The number of phenolic OH excluding ortho intramolecular Hbond substituents is 1. The Morgan fingerprint density at radius 2 is 2.00 bits per heavy atom. The lowest BCUT2D eigenvalue weighted by Crippen LogP contribution is -1.86. The average molecular weight is 182 g/mol. The van der Waals surface area contributed by atoms with Crippen LogP contribution in [0.1, 0.15) is 19.4 Å². The smallest absolute Gasteiger partial charge is 0.129 e. The Hall–Kier alpha value is -0.630. The Kier molecular flexibility index (Phi) is 3.04. The number of aryl methyl sites for hydroxylation is 1. The van der Waals surface area contributed by atoms with Gasteiger partial charge in [-0.05, 0) is 24.6 Å². The molecule has 0 aromatic heterocycles.